The summed E-state index contributed by atoms with van der Waals surface area (Å²) in [5.74, 6) is -1.19. The molecule has 0 spiro atoms. The minimum absolute atomic E-state index is 0.0432. The van der Waals surface area contributed by atoms with Gasteiger partial charge < -0.3 is 11.1 Å². The van der Waals surface area contributed by atoms with E-state index in [4.69, 9.17) is 5.73 Å². The Morgan fingerprint density at radius 2 is 1.63 bits per heavy atom. The highest BCUT2D eigenvalue weighted by Gasteiger charge is 2.31. The van der Waals surface area contributed by atoms with Gasteiger partial charge in [-0.15, -0.1) is 0 Å². The van der Waals surface area contributed by atoms with Crippen molar-refractivity contribution in [2.24, 2.45) is 0 Å². The fraction of sp³-hybridized carbons (Fsp3) is 0.111. The summed E-state index contributed by atoms with van der Waals surface area (Å²) in [6.45, 7) is 1.53. The number of aromatic nitrogens is 2. The average Bonchev–Trinajstić information content (AvgIpc) is 2.59. The average molecular weight is 380 g/mol. The number of alkyl halides is 3. The van der Waals surface area contributed by atoms with Crippen LogP contribution >= 0.6 is 0 Å². The van der Waals surface area contributed by atoms with E-state index in [1.807, 2.05) is 0 Å². The summed E-state index contributed by atoms with van der Waals surface area (Å²) in [5, 5.41) is 2.86. The third-order valence-corrected chi connectivity index (χ3v) is 3.72. The summed E-state index contributed by atoms with van der Waals surface area (Å²) >= 11 is 0. The molecule has 140 valence electrons. The number of rotatable bonds is 3. The number of nitrogen functional groups attached to an aromatic ring is 1. The molecular formula is C18H13F5N4. The normalized spacial score (nSPS) is 11.5. The van der Waals surface area contributed by atoms with Gasteiger partial charge in [-0.3, -0.25) is 0 Å². The molecule has 3 rings (SSSR count). The van der Waals surface area contributed by atoms with Crippen molar-refractivity contribution in [2.45, 2.75) is 13.1 Å². The van der Waals surface area contributed by atoms with Crippen LogP contribution in [0.15, 0.2) is 42.5 Å². The van der Waals surface area contributed by atoms with Crippen LogP contribution in [0.1, 0.15) is 11.4 Å². The van der Waals surface area contributed by atoms with Gasteiger partial charge >= 0.3 is 6.18 Å². The van der Waals surface area contributed by atoms with Crippen LogP contribution in [-0.4, -0.2) is 9.97 Å². The number of benzene rings is 2. The maximum Gasteiger partial charge on any atom is 0.416 e. The van der Waals surface area contributed by atoms with Gasteiger partial charge in [-0.25, -0.2) is 18.7 Å². The van der Waals surface area contributed by atoms with E-state index in [-0.39, 0.29) is 28.6 Å². The van der Waals surface area contributed by atoms with Gasteiger partial charge in [-0.05, 0) is 49.4 Å². The van der Waals surface area contributed by atoms with Crippen LogP contribution in [0.4, 0.5) is 39.1 Å². The quantitative estimate of drug-likeness (QED) is 0.623. The molecule has 0 saturated heterocycles. The van der Waals surface area contributed by atoms with Gasteiger partial charge in [-0.1, -0.05) is 0 Å². The number of anilines is 3. The first-order valence-corrected chi connectivity index (χ1v) is 7.69. The van der Waals surface area contributed by atoms with Gasteiger partial charge in [0.2, 0.25) is 0 Å². The Morgan fingerprint density at radius 1 is 0.963 bits per heavy atom. The molecule has 27 heavy (non-hydrogen) atoms. The van der Waals surface area contributed by atoms with Crippen molar-refractivity contribution in [2.75, 3.05) is 11.1 Å². The van der Waals surface area contributed by atoms with Crippen LogP contribution < -0.4 is 11.1 Å². The van der Waals surface area contributed by atoms with E-state index < -0.39 is 23.4 Å². The summed E-state index contributed by atoms with van der Waals surface area (Å²) < 4.78 is 65.5. The smallest absolute Gasteiger partial charge is 0.394 e. The Balaban J connectivity index is 2.04. The third kappa shape index (κ3) is 3.97. The Labute approximate surface area is 150 Å². The first-order chi connectivity index (χ1) is 12.6. The highest BCUT2D eigenvalue weighted by Crippen LogP contribution is 2.35. The molecule has 0 bridgehead atoms. The second-order valence-corrected chi connectivity index (χ2v) is 5.71. The molecule has 0 aliphatic heterocycles. The Morgan fingerprint density at radius 3 is 2.22 bits per heavy atom. The summed E-state index contributed by atoms with van der Waals surface area (Å²) in [7, 11) is 0. The largest absolute Gasteiger partial charge is 0.416 e. The maximum atomic E-state index is 14.3. The molecule has 4 nitrogen and oxygen atoms in total. The van der Waals surface area contributed by atoms with E-state index in [0.717, 1.165) is 12.1 Å². The predicted octanol–water partition coefficient (Wildman–Crippen LogP) is 5.07. The van der Waals surface area contributed by atoms with Crippen molar-refractivity contribution in [1.82, 2.24) is 9.97 Å². The van der Waals surface area contributed by atoms with E-state index in [9.17, 15) is 22.0 Å². The van der Waals surface area contributed by atoms with E-state index >= 15 is 0 Å². The first-order valence-electron chi connectivity index (χ1n) is 7.69. The van der Waals surface area contributed by atoms with Crippen molar-refractivity contribution in [3.8, 4) is 11.3 Å². The number of aryl methyl sites for hydroxylation is 1. The lowest BCUT2D eigenvalue weighted by molar-refractivity contribution is -0.137. The molecule has 0 unspecified atom stereocenters. The molecule has 0 aliphatic rings. The lowest BCUT2D eigenvalue weighted by atomic mass is 10.1. The Kier molecular flexibility index (Phi) is 4.69. The van der Waals surface area contributed by atoms with E-state index in [1.54, 1.807) is 0 Å². The van der Waals surface area contributed by atoms with E-state index in [2.05, 4.69) is 15.3 Å². The predicted molar refractivity (Wildman–Crippen MR) is 91.3 cm³/mol. The summed E-state index contributed by atoms with van der Waals surface area (Å²) in [5.41, 5.74) is 5.08. The summed E-state index contributed by atoms with van der Waals surface area (Å²) in [6, 6.07) is 7.46. The Hall–Kier alpha value is -3.23. The number of nitrogens with two attached hydrogens (primary N) is 1. The number of hydrogen-bond donors (Lipinski definition) is 2. The molecule has 0 saturated carbocycles. The van der Waals surface area contributed by atoms with E-state index in [0.29, 0.717) is 11.8 Å². The van der Waals surface area contributed by atoms with Crippen molar-refractivity contribution in [3.05, 3.63) is 65.5 Å². The Bertz CT molecular complexity index is 984. The van der Waals surface area contributed by atoms with Gasteiger partial charge in [0.05, 0.1) is 5.56 Å². The van der Waals surface area contributed by atoms with Crippen molar-refractivity contribution in [3.63, 3.8) is 0 Å². The van der Waals surface area contributed by atoms with Crippen LogP contribution in [-0.2, 0) is 6.18 Å². The monoisotopic (exact) mass is 380 g/mol. The minimum Gasteiger partial charge on any atom is -0.394 e. The van der Waals surface area contributed by atoms with Gasteiger partial charge in [0, 0.05) is 11.3 Å². The lowest BCUT2D eigenvalue weighted by Crippen LogP contribution is -2.08. The molecule has 0 amide bonds. The molecule has 0 fully saturated rings. The molecule has 2 aromatic carbocycles. The molecule has 0 aliphatic carbocycles. The van der Waals surface area contributed by atoms with Crippen molar-refractivity contribution in [1.29, 1.82) is 0 Å². The molecule has 0 radical (unpaired) electrons. The maximum absolute atomic E-state index is 14.3. The van der Waals surface area contributed by atoms with Crippen LogP contribution in [0.5, 0.6) is 0 Å². The second kappa shape index (κ2) is 6.82. The zero-order valence-electron chi connectivity index (χ0n) is 13.9. The fourth-order valence-corrected chi connectivity index (χ4v) is 2.44. The van der Waals surface area contributed by atoms with Gasteiger partial charge in [0.15, 0.2) is 5.82 Å². The van der Waals surface area contributed by atoms with Crippen LogP contribution in [0.25, 0.3) is 11.3 Å². The molecule has 1 aromatic heterocycles. The number of nitrogens with zero attached hydrogens (tertiary/aromatic N) is 2. The molecule has 1 heterocycles. The first kappa shape index (κ1) is 18.6. The van der Waals surface area contributed by atoms with Crippen molar-refractivity contribution >= 4 is 17.2 Å². The minimum atomic E-state index is -4.66. The number of nitrogens with one attached hydrogen (secondary N) is 1. The fourth-order valence-electron chi connectivity index (χ4n) is 2.44. The second-order valence-electron chi connectivity index (χ2n) is 5.71. The van der Waals surface area contributed by atoms with E-state index in [1.165, 1.54) is 31.2 Å². The topological polar surface area (TPSA) is 63.8 Å². The van der Waals surface area contributed by atoms with Gasteiger partial charge in [-0.2, -0.15) is 13.2 Å². The molecule has 9 heteroatoms. The van der Waals surface area contributed by atoms with Gasteiger partial charge in [0.1, 0.15) is 28.8 Å². The molecule has 3 aromatic rings. The molecular weight excluding hydrogens is 367 g/mol. The number of halogens is 5. The standard InChI is InChI=1S/C18H13F5N4/c1-9-25-16(13-7-2-10(8-14(13)20)18(21,22)23)15(24)17(26-9)27-12-5-3-11(19)4-6-12/h2-8H,24H2,1H3,(H,25,26,27). The zero-order chi connectivity index (χ0) is 19.8. The SMILES string of the molecule is Cc1nc(Nc2ccc(F)cc2)c(N)c(-c2ccc(C(F)(F)F)cc2F)n1. The third-order valence-electron chi connectivity index (χ3n) is 3.72. The van der Waals surface area contributed by atoms with Gasteiger partial charge in [0.25, 0.3) is 0 Å². The van der Waals surface area contributed by atoms with Crippen LogP contribution in [0, 0.1) is 18.6 Å². The van der Waals surface area contributed by atoms with Crippen LogP contribution in [0.3, 0.4) is 0 Å². The number of hydrogen-bond acceptors (Lipinski definition) is 4. The van der Waals surface area contributed by atoms with Crippen molar-refractivity contribution < 1.29 is 22.0 Å². The molecule has 0 atom stereocenters. The highest BCUT2D eigenvalue weighted by atomic mass is 19.4. The summed E-state index contributed by atoms with van der Waals surface area (Å²) in [6.07, 6.45) is -4.66. The lowest BCUT2D eigenvalue weighted by Gasteiger charge is -2.14. The zero-order valence-corrected chi connectivity index (χ0v) is 13.9. The highest BCUT2D eigenvalue weighted by molar-refractivity contribution is 5.83. The molecule has 3 N–H and O–H groups in total. The summed E-state index contributed by atoms with van der Waals surface area (Å²) in [4.78, 5) is 8.17. The van der Waals surface area contributed by atoms with Crippen LogP contribution in [0.2, 0.25) is 0 Å².